The van der Waals surface area contributed by atoms with Crippen LogP contribution in [0.4, 0.5) is 0 Å². The molecule has 0 saturated heterocycles. The average molecular weight is 1780 g/mol. The van der Waals surface area contributed by atoms with Gasteiger partial charge < -0.3 is 0 Å². The third kappa shape index (κ3) is 11.4. The normalized spacial score (nSPS) is 12.3. The van der Waals surface area contributed by atoms with Crippen molar-refractivity contribution in [2.45, 2.75) is 0 Å². The van der Waals surface area contributed by atoms with Gasteiger partial charge in [0.15, 0.2) is 27.8 Å². The van der Waals surface area contributed by atoms with Gasteiger partial charge in [0.05, 0.1) is 66.2 Å². The molecule has 0 aliphatic carbocycles. The number of benzene rings is 18. The highest BCUT2D eigenvalue weighted by atomic mass is 32.1. The van der Waals surface area contributed by atoms with Crippen molar-refractivity contribution in [3.63, 3.8) is 0 Å². The van der Waals surface area contributed by atoms with E-state index in [1.807, 2.05) is 22.7 Å². The van der Waals surface area contributed by atoms with Crippen molar-refractivity contribution >= 4 is 220 Å². The molecule has 0 unspecified atom stereocenters. The number of para-hydroxylation sites is 9. The summed E-state index contributed by atoms with van der Waals surface area (Å²) in [6.07, 6.45) is 0. The van der Waals surface area contributed by atoms with Crippen LogP contribution in [0.3, 0.4) is 0 Å². The maximum Gasteiger partial charge on any atom is 0.221 e. The van der Waals surface area contributed by atoms with Crippen LogP contribution in [0.15, 0.2) is 449 Å². The van der Waals surface area contributed by atoms with Gasteiger partial charge in [-0.3, -0.25) is 27.1 Å². The largest absolute Gasteiger partial charge is 0.294 e. The molecule has 0 amide bonds. The highest BCUT2D eigenvalue weighted by molar-refractivity contribution is 7.26. The number of hydrogen-bond acceptors (Lipinski definition) is 8. The summed E-state index contributed by atoms with van der Waals surface area (Å²) in [4.78, 5) is 34.0. The number of rotatable bonds is 15. The number of aromatic nitrogens is 12. The third-order valence-electron chi connectivity index (χ3n) is 27.8. The van der Waals surface area contributed by atoms with E-state index in [9.17, 15) is 0 Å². The topological polar surface area (TPSA) is 106 Å². The van der Waals surface area contributed by atoms with Crippen molar-refractivity contribution in [1.82, 2.24) is 57.0 Å². The van der Waals surface area contributed by atoms with Crippen molar-refractivity contribution in [2.75, 3.05) is 0 Å². The lowest BCUT2D eigenvalue weighted by Crippen LogP contribution is -2.74. The summed E-state index contributed by atoms with van der Waals surface area (Å²) in [5.74, 6) is 5.44. The molecule has 0 fully saturated rings. The maximum absolute atomic E-state index is 5.78. The summed E-state index contributed by atoms with van der Waals surface area (Å²) in [7, 11) is -6.10. The quantitative estimate of drug-likeness (QED) is 0.0748. The van der Waals surface area contributed by atoms with E-state index in [1.54, 1.807) is 0 Å². The van der Waals surface area contributed by atoms with Crippen LogP contribution in [0.25, 0.3) is 197 Å². The zero-order chi connectivity index (χ0) is 87.9. The third-order valence-corrected chi connectivity index (χ3v) is 39.7. The lowest BCUT2D eigenvalue weighted by atomic mass is 10.0. The van der Waals surface area contributed by atoms with E-state index in [1.165, 1.54) is 81.8 Å². The molecular weight excluding hydrogens is 1710 g/mol. The molecule has 10 aromatic heterocycles. The Bertz CT molecular complexity index is 9540. The molecule has 28 aromatic rings. The van der Waals surface area contributed by atoms with Crippen LogP contribution in [0.5, 0.6) is 0 Å². The molecule has 0 atom stereocenters. The zero-order valence-electron chi connectivity index (χ0n) is 71.9. The van der Waals surface area contributed by atoms with Gasteiger partial charge >= 0.3 is 0 Å². The lowest BCUT2D eigenvalue weighted by Gasteiger charge is -2.34. The first-order chi connectivity index (χ1) is 66.4. The van der Waals surface area contributed by atoms with Crippen molar-refractivity contribution in [1.29, 1.82) is 0 Å². The Morgan fingerprint density at radius 3 is 0.925 bits per heavy atom. The number of nitrogens with zero attached hydrogens (tertiary/aromatic N) is 12. The van der Waals surface area contributed by atoms with Gasteiger partial charge in [-0.05, 0) is 156 Å². The highest BCUT2D eigenvalue weighted by Gasteiger charge is 2.44. The van der Waals surface area contributed by atoms with Crippen molar-refractivity contribution in [3.8, 4) is 57.2 Å². The second-order valence-corrected chi connectivity index (χ2v) is 44.6. The van der Waals surface area contributed by atoms with Crippen LogP contribution in [0.1, 0.15) is 0 Å². The van der Waals surface area contributed by atoms with Gasteiger partial charge in [-0.1, -0.05) is 334 Å². The molecule has 12 nitrogen and oxygen atoms in total. The van der Waals surface area contributed by atoms with E-state index in [0.717, 1.165) is 127 Å². The molecule has 0 saturated carbocycles. The highest BCUT2D eigenvalue weighted by Crippen LogP contribution is 2.43. The Morgan fingerprint density at radius 1 is 0.172 bits per heavy atom. The molecule has 0 bridgehead atoms. The van der Waals surface area contributed by atoms with Gasteiger partial charge in [-0.15, -0.1) is 22.7 Å². The van der Waals surface area contributed by atoms with Crippen molar-refractivity contribution < 1.29 is 0 Å². The fraction of sp³-hybridized carbons (Fsp3) is 0. The summed E-state index contributed by atoms with van der Waals surface area (Å²) in [5.41, 5.74) is 15.6. The predicted octanol–water partition coefficient (Wildman–Crippen LogP) is 23.4. The van der Waals surface area contributed by atoms with Gasteiger partial charge in [0, 0.05) is 85.1 Å². The first kappa shape index (κ1) is 76.0. The monoisotopic (exact) mass is 1780 g/mol. The first-order valence-corrected chi connectivity index (χ1v) is 50.9. The van der Waals surface area contributed by atoms with E-state index < -0.39 is 16.1 Å². The fourth-order valence-electron chi connectivity index (χ4n) is 21.9. The molecule has 18 aromatic carbocycles. The molecule has 28 rings (SSSR count). The van der Waals surface area contributed by atoms with E-state index in [0.29, 0.717) is 29.1 Å². The van der Waals surface area contributed by atoms with Gasteiger partial charge in [0.2, 0.25) is 11.6 Å². The number of hydrogen-bond donors (Lipinski definition) is 0. The van der Waals surface area contributed by atoms with Gasteiger partial charge in [0.1, 0.15) is 23.3 Å². The standard InChI is InChI=1S/C118H74N12S2Si2/c1-5-29-79(30-6-1)133(80-31-7-2-8-32-80,85-63-67-109-93(71-85)90-40-16-27-51-107(90)131-109)83-59-53-75(54-60-83)115-121-111(125-97-43-19-13-37-87(97)88-38-14-20-44-98(88)125)73-112(122-115)126-99-45-21-15-39-89(99)92-69-77(58-66-100(92)126)78-57-65-96-106(70-78)128-103-48-24-26-50-105(103)130(118(128)120-96)114-74-113(129-104-49-25-23-47-102(104)127-101-46-22-18-42-95(101)119-117(127)129)123-116(124-114)76-55-61-84(62-56-76)134(81-33-9-3-10-34-81,82-35-11-4-12-36-82)86-64-68-110-94(72-86)91-41-17-28-52-108(91)132-110/h1-74H. The minimum absolute atomic E-state index is 0.554. The zero-order valence-corrected chi connectivity index (χ0v) is 75.5. The SMILES string of the molecule is c1ccc([Si](c2ccccc2)(c2ccc(-c3nc(-n4c5ccccc5c5ccccc54)cc(-n4c5ccccc5c5cc(-c6ccc7nc8n(-c9cc(-n%10c%11ccccc%11n%11c%12ccccc%12nc%10%11)nc(-c%10ccc([Si](c%11ccccc%11)(c%11ccccc%11)c%11ccc%12sc%13ccccc%13c%12c%11)cc%10)n9)c9ccccc9n8c7c6)ccc54)n3)cc2)c2ccc3sc4ccccc4c3c2)cc1. The number of imidazole rings is 4. The van der Waals surface area contributed by atoms with E-state index >= 15 is 0 Å². The molecule has 0 aliphatic rings. The molecule has 626 valence electrons. The number of fused-ring (bicyclic) bond motifs is 22. The molecule has 10 heterocycles. The average Bonchev–Trinajstić information content (AvgIpc) is 1.50. The second-order valence-electron chi connectivity index (χ2n) is 34.8. The fourth-order valence-corrected chi connectivity index (χ4v) is 33.6. The summed E-state index contributed by atoms with van der Waals surface area (Å²) in [6.45, 7) is 0. The van der Waals surface area contributed by atoms with Gasteiger partial charge in [0.25, 0.3) is 0 Å². The van der Waals surface area contributed by atoms with Crippen LogP contribution >= 0.6 is 22.7 Å². The molecule has 0 spiro atoms. The Morgan fingerprint density at radius 2 is 0.478 bits per heavy atom. The van der Waals surface area contributed by atoms with Gasteiger partial charge in [-0.2, -0.15) is 0 Å². The van der Waals surface area contributed by atoms with Crippen LogP contribution < -0.4 is 41.5 Å². The van der Waals surface area contributed by atoms with E-state index in [-0.39, 0.29) is 0 Å². The number of thiophene rings is 2. The van der Waals surface area contributed by atoms with E-state index in [2.05, 4.69) is 476 Å². The molecule has 0 aliphatic heterocycles. The Labute approximate surface area is 777 Å². The lowest BCUT2D eigenvalue weighted by molar-refractivity contribution is 0.970. The minimum Gasteiger partial charge on any atom is -0.294 e. The molecule has 0 N–H and O–H groups in total. The minimum atomic E-state index is -3.07. The Balaban J connectivity index is 0.600. The van der Waals surface area contributed by atoms with Crippen LogP contribution in [0.2, 0.25) is 0 Å². The van der Waals surface area contributed by atoms with Crippen molar-refractivity contribution in [3.05, 3.63) is 449 Å². The molecule has 0 radical (unpaired) electrons. The Kier molecular flexibility index (Phi) is 16.9. The smallest absolute Gasteiger partial charge is 0.221 e. The summed E-state index contributed by atoms with van der Waals surface area (Å²) >= 11 is 3.72. The molecule has 16 heteroatoms. The van der Waals surface area contributed by atoms with E-state index in [4.69, 9.17) is 29.9 Å². The summed E-state index contributed by atoms with van der Waals surface area (Å²) in [5, 5.41) is 20.0. The summed E-state index contributed by atoms with van der Waals surface area (Å²) < 4.78 is 18.8. The molecule has 134 heavy (non-hydrogen) atoms. The predicted molar refractivity (Wildman–Crippen MR) is 562 cm³/mol. The van der Waals surface area contributed by atoms with Crippen LogP contribution in [-0.2, 0) is 0 Å². The van der Waals surface area contributed by atoms with Crippen molar-refractivity contribution in [2.24, 2.45) is 0 Å². The van der Waals surface area contributed by atoms with Crippen LogP contribution in [-0.4, -0.2) is 73.1 Å². The summed E-state index contributed by atoms with van der Waals surface area (Å²) in [6, 6.07) is 165. The first-order valence-electron chi connectivity index (χ1n) is 45.3. The second kappa shape index (κ2) is 29.8. The van der Waals surface area contributed by atoms with Gasteiger partial charge in [-0.25, -0.2) is 29.9 Å². The molecular formula is C118H74N12S2Si2. The maximum atomic E-state index is 5.78. The Hall–Kier alpha value is -16.9. The van der Waals surface area contributed by atoms with Crippen LogP contribution in [0, 0.1) is 0 Å².